The summed E-state index contributed by atoms with van der Waals surface area (Å²) < 4.78 is 5.89. The highest BCUT2D eigenvalue weighted by Gasteiger charge is 2.31. The number of halogens is 1. The minimum Gasteiger partial charge on any atom is -0.379 e. The second-order valence-corrected chi connectivity index (χ2v) is 4.49. The SMILES string of the molecule is NC1COCC1C(=O)Nc1ncccc1Br. The Morgan fingerprint density at radius 1 is 1.62 bits per heavy atom. The van der Waals surface area contributed by atoms with Gasteiger partial charge in [0, 0.05) is 12.2 Å². The number of nitrogens with one attached hydrogen (secondary N) is 1. The molecule has 1 aromatic rings. The first-order chi connectivity index (χ1) is 7.68. The lowest BCUT2D eigenvalue weighted by atomic mass is 10.0. The predicted octanol–water partition coefficient (Wildman–Crippen LogP) is 0.756. The van der Waals surface area contributed by atoms with Crippen molar-refractivity contribution in [3.63, 3.8) is 0 Å². The quantitative estimate of drug-likeness (QED) is 0.841. The molecule has 1 amide bonds. The molecule has 86 valence electrons. The van der Waals surface area contributed by atoms with E-state index in [9.17, 15) is 4.79 Å². The average molecular weight is 286 g/mol. The normalized spacial score (nSPS) is 24.4. The number of hydrogen-bond acceptors (Lipinski definition) is 4. The molecule has 0 aromatic carbocycles. The van der Waals surface area contributed by atoms with Crippen molar-refractivity contribution >= 4 is 27.7 Å². The molecule has 0 bridgehead atoms. The van der Waals surface area contributed by atoms with Crippen LogP contribution in [-0.4, -0.2) is 30.1 Å². The topological polar surface area (TPSA) is 77.2 Å². The molecule has 1 aromatic heterocycles. The predicted molar refractivity (Wildman–Crippen MR) is 62.9 cm³/mol. The third kappa shape index (κ3) is 2.40. The highest BCUT2D eigenvalue weighted by molar-refractivity contribution is 9.10. The number of nitrogens with zero attached hydrogens (tertiary/aromatic N) is 1. The van der Waals surface area contributed by atoms with Gasteiger partial charge < -0.3 is 15.8 Å². The molecule has 2 unspecified atom stereocenters. The highest BCUT2D eigenvalue weighted by atomic mass is 79.9. The van der Waals surface area contributed by atoms with Crippen molar-refractivity contribution in [2.24, 2.45) is 11.7 Å². The first-order valence-corrected chi connectivity index (χ1v) is 5.72. The van der Waals surface area contributed by atoms with Crippen LogP contribution < -0.4 is 11.1 Å². The van der Waals surface area contributed by atoms with Gasteiger partial charge >= 0.3 is 0 Å². The number of nitrogens with two attached hydrogens (primary N) is 1. The van der Waals surface area contributed by atoms with E-state index in [0.29, 0.717) is 19.0 Å². The van der Waals surface area contributed by atoms with Crippen LogP contribution in [0, 0.1) is 5.92 Å². The number of ether oxygens (including phenoxy) is 1. The van der Waals surface area contributed by atoms with Gasteiger partial charge in [-0.25, -0.2) is 4.98 Å². The van der Waals surface area contributed by atoms with Crippen molar-refractivity contribution in [2.75, 3.05) is 18.5 Å². The molecule has 1 aliphatic heterocycles. The van der Waals surface area contributed by atoms with E-state index in [1.807, 2.05) is 6.07 Å². The Labute approximate surface area is 102 Å². The lowest BCUT2D eigenvalue weighted by molar-refractivity contribution is -0.120. The van der Waals surface area contributed by atoms with Gasteiger partial charge in [0.1, 0.15) is 5.82 Å². The minimum absolute atomic E-state index is 0.149. The molecule has 3 N–H and O–H groups in total. The van der Waals surface area contributed by atoms with Crippen LogP contribution in [0.15, 0.2) is 22.8 Å². The van der Waals surface area contributed by atoms with Crippen LogP contribution in [0.1, 0.15) is 0 Å². The standard InChI is InChI=1S/C10H12BrN3O2/c11-7-2-1-3-13-9(7)14-10(15)6-4-16-5-8(6)12/h1-3,6,8H,4-5,12H2,(H,13,14,15). The van der Waals surface area contributed by atoms with Crippen LogP contribution >= 0.6 is 15.9 Å². The van der Waals surface area contributed by atoms with Crippen LogP contribution in [0.3, 0.4) is 0 Å². The molecular weight excluding hydrogens is 274 g/mol. The number of carbonyl (C=O) groups is 1. The molecule has 1 fully saturated rings. The summed E-state index contributed by atoms with van der Waals surface area (Å²) in [5, 5.41) is 2.73. The van der Waals surface area contributed by atoms with E-state index in [0.717, 1.165) is 4.47 Å². The number of rotatable bonds is 2. The van der Waals surface area contributed by atoms with Gasteiger partial charge in [-0.1, -0.05) is 0 Å². The number of anilines is 1. The van der Waals surface area contributed by atoms with Gasteiger partial charge in [-0.2, -0.15) is 0 Å². The number of aromatic nitrogens is 1. The maximum absolute atomic E-state index is 11.8. The van der Waals surface area contributed by atoms with Gasteiger partial charge in [0.05, 0.1) is 23.6 Å². The lowest BCUT2D eigenvalue weighted by Crippen LogP contribution is -2.37. The molecule has 16 heavy (non-hydrogen) atoms. The number of hydrogen-bond donors (Lipinski definition) is 2. The third-order valence-corrected chi connectivity index (χ3v) is 3.10. The highest BCUT2D eigenvalue weighted by Crippen LogP contribution is 2.20. The van der Waals surface area contributed by atoms with Crippen molar-refractivity contribution in [1.82, 2.24) is 4.98 Å². The van der Waals surface area contributed by atoms with E-state index in [-0.39, 0.29) is 17.9 Å². The van der Waals surface area contributed by atoms with Crippen LogP contribution in [-0.2, 0) is 9.53 Å². The summed E-state index contributed by atoms with van der Waals surface area (Å²) in [6.45, 7) is 0.804. The molecule has 0 spiro atoms. The maximum atomic E-state index is 11.8. The van der Waals surface area contributed by atoms with Crippen LogP contribution in [0.4, 0.5) is 5.82 Å². The van der Waals surface area contributed by atoms with Crippen molar-refractivity contribution in [2.45, 2.75) is 6.04 Å². The fourth-order valence-electron chi connectivity index (χ4n) is 1.53. The Morgan fingerprint density at radius 2 is 2.44 bits per heavy atom. The number of carbonyl (C=O) groups excluding carboxylic acids is 1. The first-order valence-electron chi connectivity index (χ1n) is 4.93. The molecule has 6 heteroatoms. The second kappa shape index (κ2) is 4.90. The minimum atomic E-state index is -0.297. The molecular formula is C10H12BrN3O2. The lowest BCUT2D eigenvalue weighted by Gasteiger charge is -2.13. The summed E-state index contributed by atoms with van der Waals surface area (Å²) in [6, 6.07) is 3.36. The van der Waals surface area contributed by atoms with Gasteiger partial charge in [0.2, 0.25) is 5.91 Å². The summed E-state index contributed by atoms with van der Waals surface area (Å²) >= 11 is 3.31. The van der Waals surface area contributed by atoms with Gasteiger partial charge in [-0.05, 0) is 28.1 Å². The van der Waals surface area contributed by atoms with Crippen LogP contribution in [0.5, 0.6) is 0 Å². The van der Waals surface area contributed by atoms with E-state index < -0.39 is 0 Å². The second-order valence-electron chi connectivity index (χ2n) is 3.63. The van der Waals surface area contributed by atoms with Gasteiger partial charge in [0.25, 0.3) is 0 Å². The Morgan fingerprint density at radius 3 is 3.06 bits per heavy atom. The van der Waals surface area contributed by atoms with Gasteiger partial charge in [-0.3, -0.25) is 4.79 Å². The largest absolute Gasteiger partial charge is 0.379 e. The van der Waals surface area contributed by atoms with E-state index in [2.05, 4.69) is 26.2 Å². The third-order valence-electron chi connectivity index (χ3n) is 2.46. The zero-order valence-electron chi connectivity index (χ0n) is 8.52. The first kappa shape index (κ1) is 11.5. The number of pyridine rings is 1. The zero-order chi connectivity index (χ0) is 11.5. The van der Waals surface area contributed by atoms with Crippen LogP contribution in [0.2, 0.25) is 0 Å². The summed E-state index contributed by atoms with van der Waals surface area (Å²) in [5.74, 6) is 0.0601. The molecule has 2 atom stereocenters. The summed E-state index contributed by atoms with van der Waals surface area (Å²) in [4.78, 5) is 15.9. The summed E-state index contributed by atoms with van der Waals surface area (Å²) in [5.41, 5.74) is 5.75. The molecule has 1 aliphatic rings. The average Bonchev–Trinajstić information content (AvgIpc) is 2.68. The van der Waals surface area contributed by atoms with Crippen molar-refractivity contribution < 1.29 is 9.53 Å². The van der Waals surface area contributed by atoms with E-state index in [1.165, 1.54) is 0 Å². The Bertz CT molecular complexity index is 399. The van der Waals surface area contributed by atoms with Crippen LogP contribution in [0.25, 0.3) is 0 Å². The molecule has 2 heterocycles. The van der Waals surface area contributed by atoms with E-state index in [4.69, 9.17) is 10.5 Å². The fraction of sp³-hybridized carbons (Fsp3) is 0.400. The molecule has 5 nitrogen and oxygen atoms in total. The summed E-state index contributed by atoms with van der Waals surface area (Å²) in [7, 11) is 0. The van der Waals surface area contributed by atoms with Crippen molar-refractivity contribution in [1.29, 1.82) is 0 Å². The zero-order valence-corrected chi connectivity index (χ0v) is 10.1. The molecule has 0 aliphatic carbocycles. The fourth-order valence-corrected chi connectivity index (χ4v) is 1.88. The van der Waals surface area contributed by atoms with Gasteiger partial charge in [-0.15, -0.1) is 0 Å². The molecule has 2 rings (SSSR count). The Hall–Kier alpha value is -0.980. The monoisotopic (exact) mass is 285 g/mol. The Kier molecular flexibility index (Phi) is 3.52. The molecule has 0 saturated carbocycles. The summed E-state index contributed by atoms with van der Waals surface area (Å²) in [6.07, 6.45) is 1.62. The Balaban J connectivity index is 2.05. The molecule has 1 saturated heterocycles. The maximum Gasteiger partial charge on any atom is 0.232 e. The van der Waals surface area contributed by atoms with E-state index >= 15 is 0 Å². The molecule has 0 radical (unpaired) electrons. The van der Waals surface area contributed by atoms with Crippen molar-refractivity contribution in [3.8, 4) is 0 Å². The van der Waals surface area contributed by atoms with E-state index in [1.54, 1.807) is 12.3 Å². The smallest absolute Gasteiger partial charge is 0.232 e. The number of amides is 1. The van der Waals surface area contributed by atoms with Crippen molar-refractivity contribution in [3.05, 3.63) is 22.8 Å². The van der Waals surface area contributed by atoms with Gasteiger partial charge in [0.15, 0.2) is 0 Å².